The second kappa shape index (κ2) is 9.58. The Morgan fingerprint density at radius 2 is 1.82 bits per heavy atom. The van der Waals surface area contributed by atoms with Crippen molar-refractivity contribution in [1.82, 2.24) is 0 Å². The van der Waals surface area contributed by atoms with Crippen LogP contribution in [0, 0.1) is 29.6 Å². The van der Waals surface area contributed by atoms with Gasteiger partial charge in [0.1, 0.15) is 29.8 Å². The number of cyclic esters (lactones) is 1. The van der Waals surface area contributed by atoms with Crippen LogP contribution < -0.4 is 14.2 Å². The minimum absolute atomic E-state index is 0.0193. The van der Waals surface area contributed by atoms with Crippen molar-refractivity contribution in [3.05, 3.63) is 46.5 Å². The molecular formula is C31H37FO6. The minimum atomic E-state index is -1.34. The SMILES string of the molecule is COc1c(C(F)CC(C)(C)C)ccc2c1C(=O)OCc1cc(C)cc(OC(=O)C3(C)C4CCC3CC4)c1O2. The molecule has 6 nitrogen and oxygen atoms in total. The predicted octanol–water partition coefficient (Wildman–Crippen LogP) is 7.64. The second-order valence-corrected chi connectivity index (χ2v) is 12.4. The van der Waals surface area contributed by atoms with E-state index in [1.165, 1.54) is 7.11 Å². The van der Waals surface area contributed by atoms with Gasteiger partial charge < -0.3 is 18.9 Å². The van der Waals surface area contributed by atoms with Gasteiger partial charge in [-0.2, -0.15) is 0 Å². The number of carbonyl (C=O) groups is 2. The third-order valence-corrected chi connectivity index (χ3v) is 8.60. The van der Waals surface area contributed by atoms with Crippen LogP contribution in [0.4, 0.5) is 4.39 Å². The van der Waals surface area contributed by atoms with E-state index in [2.05, 4.69) is 0 Å². The van der Waals surface area contributed by atoms with Crippen LogP contribution in [0.1, 0.15) is 93.0 Å². The van der Waals surface area contributed by atoms with Crippen molar-refractivity contribution in [2.75, 3.05) is 7.11 Å². The summed E-state index contributed by atoms with van der Waals surface area (Å²) in [6, 6.07) is 6.76. The van der Waals surface area contributed by atoms with Crippen LogP contribution in [0.2, 0.25) is 0 Å². The molecule has 1 heterocycles. The van der Waals surface area contributed by atoms with Gasteiger partial charge in [-0.3, -0.25) is 4.79 Å². The highest BCUT2D eigenvalue weighted by atomic mass is 19.1. The smallest absolute Gasteiger partial charge is 0.346 e. The standard InChI is InChI=1S/C31H37FO6/c1-17-13-18-16-36-28(33)25-23(12-11-21(27(25)35-6)22(32)15-30(2,3)4)37-26(18)24(14-17)38-29(34)31(5)19-7-8-20(31)10-9-19/h11-14,19-20,22H,7-10,15-16H2,1-6H3. The fourth-order valence-corrected chi connectivity index (χ4v) is 6.58. The number of esters is 2. The average Bonchev–Trinajstić information content (AvgIpc) is 3.34. The van der Waals surface area contributed by atoms with Gasteiger partial charge in [0.25, 0.3) is 0 Å². The predicted molar refractivity (Wildman–Crippen MR) is 140 cm³/mol. The number of carbonyl (C=O) groups excluding carboxylic acids is 2. The zero-order valence-electron chi connectivity index (χ0n) is 23.1. The van der Waals surface area contributed by atoms with Gasteiger partial charge in [-0.15, -0.1) is 0 Å². The highest BCUT2D eigenvalue weighted by Crippen LogP contribution is 2.58. The van der Waals surface area contributed by atoms with Crippen molar-refractivity contribution < 1.29 is 32.9 Å². The molecule has 2 aromatic carbocycles. The first-order valence-electron chi connectivity index (χ1n) is 13.5. The maximum absolute atomic E-state index is 15.4. The van der Waals surface area contributed by atoms with E-state index in [0.29, 0.717) is 28.9 Å². The molecule has 0 N–H and O–H groups in total. The van der Waals surface area contributed by atoms with Crippen LogP contribution >= 0.6 is 0 Å². The number of methoxy groups -OCH3 is 1. The molecule has 0 spiro atoms. The number of halogens is 1. The summed E-state index contributed by atoms with van der Waals surface area (Å²) in [5.74, 6) is 0.614. The molecule has 5 rings (SSSR count). The first kappa shape index (κ1) is 26.5. The molecule has 2 aliphatic carbocycles. The van der Waals surface area contributed by atoms with Crippen molar-refractivity contribution in [2.45, 2.75) is 79.5 Å². The van der Waals surface area contributed by atoms with E-state index < -0.39 is 17.6 Å². The van der Waals surface area contributed by atoms with Crippen molar-refractivity contribution in [3.63, 3.8) is 0 Å². The Labute approximate surface area is 223 Å². The normalized spacial score (nSPS) is 24.9. The van der Waals surface area contributed by atoms with Gasteiger partial charge in [-0.25, -0.2) is 9.18 Å². The van der Waals surface area contributed by atoms with E-state index in [1.54, 1.807) is 18.2 Å². The van der Waals surface area contributed by atoms with Gasteiger partial charge in [0, 0.05) is 11.1 Å². The van der Waals surface area contributed by atoms with Gasteiger partial charge in [0.15, 0.2) is 11.5 Å². The Morgan fingerprint density at radius 1 is 1.16 bits per heavy atom. The molecule has 1 aliphatic heterocycles. The fourth-order valence-electron chi connectivity index (χ4n) is 6.58. The summed E-state index contributed by atoms with van der Waals surface area (Å²) in [6.07, 6.45) is 3.11. The molecule has 1 unspecified atom stereocenters. The van der Waals surface area contributed by atoms with Gasteiger partial charge >= 0.3 is 11.9 Å². The van der Waals surface area contributed by atoms with Crippen molar-refractivity contribution >= 4 is 11.9 Å². The lowest BCUT2D eigenvalue weighted by molar-refractivity contribution is -0.147. The van der Waals surface area contributed by atoms with E-state index in [9.17, 15) is 9.59 Å². The summed E-state index contributed by atoms with van der Waals surface area (Å²) in [5.41, 5.74) is 0.946. The van der Waals surface area contributed by atoms with E-state index in [0.717, 1.165) is 31.2 Å². The number of hydrogen-bond donors (Lipinski definition) is 0. The van der Waals surface area contributed by atoms with Crippen LogP contribution in [0.15, 0.2) is 24.3 Å². The molecule has 3 aliphatic rings. The first-order chi connectivity index (χ1) is 17.9. The number of alkyl halides is 1. The summed E-state index contributed by atoms with van der Waals surface area (Å²) in [4.78, 5) is 26.7. The number of benzene rings is 2. The van der Waals surface area contributed by atoms with Crippen LogP contribution in [0.25, 0.3) is 0 Å². The Bertz CT molecular complexity index is 1260. The molecule has 2 aromatic rings. The summed E-state index contributed by atoms with van der Waals surface area (Å²) in [5, 5.41) is 0. The zero-order valence-corrected chi connectivity index (χ0v) is 23.1. The number of aryl methyl sites for hydroxylation is 1. The topological polar surface area (TPSA) is 71.1 Å². The van der Waals surface area contributed by atoms with Crippen LogP contribution in [0.5, 0.6) is 23.0 Å². The largest absolute Gasteiger partial charge is 0.495 e. The summed E-state index contributed by atoms with van der Waals surface area (Å²) in [7, 11) is 1.40. The van der Waals surface area contributed by atoms with Gasteiger partial charge in [0.05, 0.1) is 12.5 Å². The highest BCUT2D eigenvalue weighted by Gasteiger charge is 2.57. The number of rotatable bonds is 5. The summed E-state index contributed by atoms with van der Waals surface area (Å²) >= 11 is 0. The molecule has 1 atom stereocenters. The van der Waals surface area contributed by atoms with E-state index in [4.69, 9.17) is 18.9 Å². The molecule has 7 heteroatoms. The fraction of sp³-hybridized carbons (Fsp3) is 0.548. The lowest BCUT2D eigenvalue weighted by atomic mass is 9.80. The Morgan fingerprint density at radius 3 is 2.42 bits per heavy atom. The molecule has 0 saturated heterocycles. The maximum atomic E-state index is 15.4. The van der Waals surface area contributed by atoms with Gasteiger partial charge in [-0.05, 0) is 93.0 Å². The summed E-state index contributed by atoms with van der Waals surface area (Å²) in [6.45, 7) is 9.69. The molecule has 2 saturated carbocycles. The first-order valence-corrected chi connectivity index (χ1v) is 13.5. The molecule has 0 radical (unpaired) electrons. The average molecular weight is 525 g/mol. The lowest BCUT2D eigenvalue weighted by Crippen LogP contribution is -2.36. The Hall–Kier alpha value is -3.09. The number of ether oxygens (including phenoxy) is 4. The highest BCUT2D eigenvalue weighted by molar-refractivity contribution is 5.97. The monoisotopic (exact) mass is 524 g/mol. The molecule has 0 aromatic heterocycles. The molecule has 38 heavy (non-hydrogen) atoms. The zero-order chi connectivity index (χ0) is 27.4. The quantitative estimate of drug-likeness (QED) is 0.296. The van der Waals surface area contributed by atoms with Crippen LogP contribution in [-0.4, -0.2) is 19.0 Å². The third kappa shape index (κ3) is 4.54. The van der Waals surface area contributed by atoms with Gasteiger partial charge in [0.2, 0.25) is 0 Å². The maximum Gasteiger partial charge on any atom is 0.346 e. The number of hydrogen-bond acceptors (Lipinski definition) is 6. The molecule has 0 amide bonds. The lowest BCUT2D eigenvalue weighted by Gasteiger charge is -2.28. The van der Waals surface area contributed by atoms with Crippen LogP contribution in [0.3, 0.4) is 0 Å². The Balaban J connectivity index is 1.54. The third-order valence-electron chi connectivity index (χ3n) is 8.60. The number of fused-ring (bicyclic) bond motifs is 4. The Kier molecular flexibility index (Phi) is 6.69. The van der Waals surface area contributed by atoms with Gasteiger partial charge in [-0.1, -0.05) is 20.8 Å². The summed E-state index contributed by atoms with van der Waals surface area (Å²) < 4.78 is 38.9. The second-order valence-electron chi connectivity index (χ2n) is 12.4. The van der Waals surface area contributed by atoms with E-state index >= 15 is 4.39 Å². The molecule has 2 fully saturated rings. The molecule has 204 valence electrons. The van der Waals surface area contributed by atoms with Crippen molar-refractivity contribution in [1.29, 1.82) is 0 Å². The molecule has 2 bridgehead atoms. The van der Waals surface area contributed by atoms with E-state index in [-0.39, 0.29) is 47.0 Å². The molecular weight excluding hydrogens is 487 g/mol. The van der Waals surface area contributed by atoms with Crippen molar-refractivity contribution in [3.8, 4) is 23.0 Å². The van der Waals surface area contributed by atoms with Crippen LogP contribution in [-0.2, 0) is 16.1 Å². The minimum Gasteiger partial charge on any atom is -0.495 e. The van der Waals surface area contributed by atoms with E-state index in [1.807, 2.05) is 40.7 Å². The van der Waals surface area contributed by atoms with Crippen molar-refractivity contribution in [2.24, 2.45) is 22.7 Å².